The van der Waals surface area contributed by atoms with E-state index in [0.29, 0.717) is 4.90 Å². The van der Waals surface area contributed by atoms with Gasteiger partial charge in [-0.2, -0.15) is 0 Å². The van der Waals surface area contributed by atoms with Gasteiger partial charge in [-0.15, -0.1) is 0 Å². The van der Waals surface area contributed by atoms with Crippen molar-refractivity contribution in [2.75, 3.05) is 18.5 Å². The number of carbonyl (C=O) groups is 4. The number of nitrogens with zero attached hydrogens (tertiary/aromatic N) is 1. The number of hydrogen-bond acceptors (Lipinski definition) is 5. The molecule has 156 valence electrons. The standard InChI is InChI=1S/C18H9Cl4FN2O5/c19-13-11-12(14(20)16(22)15(13)21)18(29)25(17(11)28)5-10(27)30-6-9(26)24-8-3-1-7(23)2-4-8/h1-4H,5-6H2,(H,24,26). The third kappa shape index (κ3) is 4.22. The molecule has 0 aliphatic carbocycles. The topological polar surface area (TPSA) is 92.8 Å². The molecule has 1 aliphatic rings. The highest BCUT2D eigenvalue weighted by Gasteiger charge is 2.42. The number of anilines is 1. The maximum Gasteiger partial charge on any atom is 0.326 e. The van der Waals surface area contributed by atoms with Crippen LogP contribution in [0.4, 0.5) is 10.1 Å². The summed E-state index contributed by atoms with van der Waals surface area (Å²) in [6, 6.07) is 4.91. The molecular formula is C18H9Cl4FN2O5. The van der Waals surface area contributed by atoms with Gasteiger partial charge in [-0.25, -0.2) is 4.39 Å². The molecule has 2 aromatic carbocycles. The Morgan fingerprint density at radius 1 is 0.900 bits per heavy atom. The first-order chi connectivity index (χ1) is 14.1. The van der Waals surface area contributed by atoms with Gasteiger partial charge in [-0.05, 0) is 24.3 Å². The van der Waals surface area contributed by atoms with Crippen LogP contribution in [0.5, 0.6) is 0 Å². The van der Waals surface area contributed by atoms with Crippen molar-refractivity contribution in [2.45, 2.75) is 0 Å². The predicted molar refractivity (Wildman–Crippen MR) is 108 cm³/mol. The van der Waals surface area contributed by atoms with E-state index in [4.69, 9.17) is 51.1 Å². The number of halogens is 5. The van der Waals surface area contributed by atoms with E-state index in [1.165, 1.54) is 12.1 Å². The third-order valence-corrected chi connectivity index (χ3v) is 5.77. The maximum atomic E-state index is 12.9. The van der Waals surface area contributed by atoms with Crippen LogP contribution in [0, 0.1) is 5.82 Å². The minimum atomic E-state index is -1.04. The van der Waals surface area contributed by atoms with E-state index >= 15 is 0 Å². The predicted octanol–water partition coefficient (Wildman–Crippen LogP) is 4.22. The van der Waals surface area contributed by atoms with Crippen LogP contribution in [0.25, 0.3) is 0 Å². The van der Waals surface area contributed by atoms with Crippen LogP contribution in [-0.2, 0) is 14.3 Å². The van der Waals surface area contributed by atoms with Gasteiger partial charge in [0.25, 0.3) is 17.7 Å². The lowest BCUT2D eigenvalue weighted by Crippen LogP contribution is -2.36. The zero-order chi connectivity index (χ0) is 22.2. The molecule has 3 amide bonds. The average molecular weight is 494 g/mol. The second-order valence-electron chi connectivity index (χ2n) is 5.92. The first kappa shape index (κ1) is 22.3. The van der Waals surface area contributed by atoms with Gasteiger partial charge in [0.2, 0.25) is 0 Å². The Hall–Kier alpha value is -2.39. The SMILES string of the molecule is O=C(COC(=O)CN1C(=O)c2c(Cl)c(Cl)c(Cl)c(Cl)c2C1=O)Nc1ccc(F)cc1. The van der Waals surface area contributed by atoms with Gasteiger partial charge < -0.3 is 10.1 Å². The lowest BCUT2D eigenvalue weighted by atomic mass is 10.1. The Morgan fingerprint density at radius 3 is 1.90 bits per heavy atom. The number of imide groups is 1. The molecule has 0 spiro atoms. The van der Waals surface area contributed by atoms with Crippen molar-refractivity contribution < 1.29 is 28.3 Å². The fourth-order valence-corrected chi connectivity index (χ4v) is 3.60. The smallest absolute Gasteiger partial charge is 0.326 e. The van der Waals surface area contributed by atoms with E-state index in [9.17, 15) is 23.6 Å². The molecule has 0 unspecified atom stereocenters. The zero-order valence-electron chi connectivity index (χ0n) is 14.6. The van der Waals surface area contributed by atoms with Crippen LogP contribution in [0.15, 0.2) is 24.3 Å². The van der Waals surface area contributed by atoms with Crippen molar-refractivity contribution in [3.63, 3.8) is 0 Å². The second kappa shape index (κ2) is 8.77. The zero-order valence-corrected chi connectivity index (χ0v) is 17.6. The molecule has 1 heterocycles. The van der Waals surface area contributed by atoms with Crippen molar-refractivity contribution in [3.8, 4) is 0 Å². The molecule has 12 heteroatoms. The normalized spacial score (nSPS) is 12.8. The number of hydrogen-bond donors (Lipinski definition) is 1. The maximum absolute atomic E-state index is 12.9. The summed E-state index contributed by atoms with van der Waals surface area (Å²) >= 11 is 23.8. The van der Waals surface area contributed by atoms with Crippen molar-refractivity contribution in [3.05, 3.63) is 61.3 Å². The van der Waals surface area contributed by atoms with Crippen LogP contribution >= 0.6 is 46.4 Å². The largest absolute Gasteiger partial charge is 0.454 e. The van der Waals surface area contributed by atoms with Gasteiger partial charge in [0.05, 0.1) is 31.2 Å². The van der Waals surface area contributed by atoms with Gasteiger partial charge in [0.1, 0.15) is 12.4 Å². The van der Waals surface area contributed by atoms with Crippen molar-refractivity contribution >= 4 is 75.8 Å². The molecular weight excluding hydrogens is 485 g/mol. The molecule has 0 radical (unpaired) electrons. The summed E-state index contributed by atoms with van der Waals surface area (Å²) in [7, 11) is 0. The van der Waals surface area contributed by atoms with E-state index < -0.39 is 42.7 Å². The van der Waals surface area contributed by atoms with Crippen LogP contribution < -0.4 is 5.32 Å². The first-order valence-corrected chi connectivity index (χ1v) is 9.56. The molecule has 0 atom stereocenters. The molecule has 1 N–H and O–H groups in total. The molecule has 0 saturated heterocycles. The minimum Gasteiger partial charge on any atom is -0.454 e. The number of rotatable bonds is 5. The lowest BCUT2D eigenvalue weighted by Gasteiger charge is -2.13. The summed E-state index contributed by atoms with van der Waals surface area (Å²) in [5.74, 6) is -4.05. The van der Waals surface area contributed by atoms with Gasteiger partial charge in [0, 0.05) is 5.69 Å². The lowest BCUT2D eigenvalue weighted by molar-refractivity contribution is -0.147. The molecule has 2 aromatic rings. The number of ether oxygens (including phenoxy) is 1. The van der Waals surface area contributed by atoms with Gasteiger partial charge in [0.15, 0.2) is 6.61 Å². The highest BCUT2D eigenvalue weighted by atomic mass is 35.5. The number of fused-ring (bicyclic) bond motifs is 1. The molecule has 1 aliphatic heterocycles. The van der Waals surface area contributed by atoms with E-state index in [1.54, 1.807) is 0 Å². The summed E-state index contributed by atoms with van der Waals surface area (Å²) < 4.78 is 17.6. The highest BCUT2D eigenvalue weighted by Crippen LogP contribution is 2.44. The number of amides is 3. The Labute approximate surface area is 188 Å². The van der Waals surface area contributed by atoms with Gasteiger partial charge >= 0.3 is 5.97 Å². The van der Waals surface area contributed by atoms with Crippen LogP contribution in [-0.4, -0.2) is 41.7 Å². The van der Waals surface area contributed by atoms with E-state index in [-0.39, 0.29) is 36.9 Å². The van der Waals surface area contributed by atoms with Crippen LogP contribution in [0.3, 0.4) is 0 Å². The fourth-order valence-electron chi connectivity index (χ4n) is 2.59. The van der Waals surface area contributed by atoms with E-state index in [1.807, 2.05) is 0 Å². The number of benzene rings is 2. The van der Waals surface area contributed by atoms with Crippen molar-refractivity contribution in [2.24, 2.45) is 0 Å². The molecule has 7 nitrogen and oxygen atoms in total. The fraction of sp³-hybridized carbons (Fsp3) is 0.111. The van der Waals surface area contributed by atoms with Gasteiger partial charge in [-0.1, -0.05) is 46.4 Å². The molecule has 30 heavy (non-hydrogen) atoms. The van der Waals surface area contributed by atoms with Gasteiger partial charge in [-0.3, -0.25) is 24.1 Å². The molecule has 0 fully saturated rings. The van der Waals surface area contributed by atoms with E-state index in [0.717, 1.165) is 12.1 Å². The summed E-state index contributed by atoms with van der Waals surface area (Å²) in [6.45, 7) is -1.49. The Morgan fingerprint density at radius 2 is 1.40 bits per heavy atom. The Bertz CT molecular complexity index is 1040. The van der Waals surface area contributed by atoms with Crippen LogP contribution in [0.1, 0.15) is 20.7 Å². The van der Waals surface area contributed by atoms with Crippen LogP contribution in [0.2, 0.25) is 20.1 Å². The quantitative estimate of drug-likeness (QED) is 0.291. The highest BCUT2D eigenvalue weighted by molar-refractivity contribution is 6.55. The first-order valence-electron chi connectivity index (χ1n) is 8.05. The molecule has 3 rings (SSSR count). The molecule has 0 bridgehead atoms. The Balaban J connectivity index is 1.64. The van der Waals surface area contributed by atoms with Crippen molar-refractivity contribution in [1.29, 1.82) is 0 Å². The molecule has 0 aromatic heterocycles. The number of carbonyl (C=O) groups excluding carboxylic acids is 4. The second-order valence-corrected chi connectivity index (χ2v) is 7.43. The Kier molecular flexibility index (Phi) is 6.52. The summed E-state index contributed by atoms with van der Waals surface area (Å²) in [5.41, 5.74) is -0.262. The average Bonchev–Trinajstić information content (AvgIpc) is 2.95. The monoisotopic (exact) mass is 492 g/mol. The van der Waals surface area contributed by atoms with Crippen molar-refractivity contribution in [1.82, 2.24) is 4.90 Å². The van der Waals surface area contributed by atoms with E-state index in [2.05, 4.69) is 5.32 Å². The summed E-state index contributed by atoms with van der Waals surface area (Å²) in [4.78, 5) is 49.5. The number of esters is 1. The minimum absolute atomic E-state index is 0.204. The number of nitrogens with one attached hydrogen (secondary N) is 1. The summed E-state index contributed by atoms with van der Waals surface area (Å²) in [6.07, 6.45) is 0. The summed E-state index contributed by atoms with van der Waals surface area (Å²) in [5, 5.41) is 1.44. The molecule has 0 saturated carbocycles. The third-order valence-electron chi connectivity index (χ3n) is 3.96.